The maximum absolute atomic E-state index is 9.49. The van der Waals surface area contributed by atoms with Crippen molar-refractivity contribution in [2.75, 3.05) is 4.90 Å². The molecule has 1 aliphatic carbocycles. The molecule has 0 fully saturated rings. The number of fused-ring (bicyclic) bond motifs is 3. The van der Waals surface area contributed by atoms with Crippen LogP contribution < -0.4 is 4.90 Å². The van der Waals surface area contributed by atoms with E-state index in [9.17, 15) is 10.5 Å². The van der Waals surface area contributed by atoms with Gasteiger partial charge in [0.1, 0.15) is 11.8 Å². The molecule has 6 rings (SSSR count). The Balaban J connectivity index is 1.42. The molecule has 2 aliphatic rings. The van der Waals surface area contributed by atoms with Gasteiger partial charge in [-0.3, -0.25) is 0 Å². The van der Waals surface area contributed by atoms with E-state index in [0.717, 1.165) is 27.9 Å². The summed E-state index contributed by atoms with van der Waals surface area (Å²) in [5, 5.41) is 18.9. The van der Waals surface area contributed by atoms with Crippen molar-refractivity contribution >= 4 is 11.4 Å². The molecule has 1 aliphatic heterocycles. The Hall–Kier alpha value is -4.93. The summed E-state index contributed by atoms with van der Waals surface area (Å²) in [6, 6.07) is 33.6. The van der Waals surface area contributed by atoms with Gasteiger partial charge in [-0.05, 0) is 64.7 Å². The maximum Gasteiger partial charge on any atom is 0.148 e. The zero-order valence-corrected chi connectivity index (χ0v) is 18.8. The number of allylic oxidation sites excluding steroid dienone is 2. The second-order valence-corrected chi connectivity index (χ2v) is 8.68. The molecule has 1 aromatic heterocycles. The molecule has 35 heavy (non-hydrogen) atoms. The number of benzene rings is 3. The molecule has 4 aromatic rings. The third-order valence-corrected chi connectivity index (χ3v) is 6.73. The highest BCUT2D eigenvalue weighted by molar-refractivity contribution is 5.80. The van der Waals surface area contributed by atoms with E-state index in [1.165, 1.54) is 11.3 Å². The zero-order chi connectivity index (χ0) is 23.8. The van der Waals surface area contributed by atoms with Crippen LogP contribution in [0.4, 0.5) is 11.4 Å². The van der Waals surface area contributed by atoms with Crippen LogP contribution in [0.2, 0.25) is 0 Å². The topological polar surface area (TPSA) is 63.7 Å². The lowest BCUT2D eigenvalue weighted by Crippen LogP contribution is -2.29. The first kappa shape index (κ1) is 20.7. The van der Waals surface area contributed by atoms with E-state index < -0.39 is 0 Å². The number of rotatable bonds is 3. The van der Waals surface area contributed by atoms with Gasteiger partial charge in [0.2, 0.25) is 0 Å². The number of anilines is 2. The highest BCUT2D eigenvalue weighted by Gasteiger charge is 2.38. The van der Waals surface area contributed by atoms with Crippen molar-refractivity contribution in [3.8, 4) is 34.4 Å². The minimum Gasteiger partial charge on any atom is -0.333 e. The van der Waals surface area contributed by atoms with Crippen molar-refractivity contribution in [3.63, 3.8) is 0 Å². The van der Waals surface area contributed by atoms with Crippen LogP contribution in [0.3, 0.4) is 0 Å². The number of para-hydroxylation sites is 1. The molecule has 164 valence electrons. The second-order valence-electron chi connectivity index (χ2n) is 8.68. The molecule has 2 unspecified atom stereocenters. The van der Waals surface area contributed by atoms with Gasteiger partial charge in [-0.15, -0.1) is 0 Å². The third kappa shape index (κ3) is 3.50. The smallest absolute Gasteiger partial charge is 0.148 e. The minimum atomic E-state index is 0.125. The normalized spacial score (nSPS) is 17.7. The largest absolute Gasteiger partial charge is 0.333 e. The number of nitriles is 2. The van der Waals surface area contributed by atoms with Crippen molar-refractivity contribution in [2.45, 2.75) is 12.0 Å². The van der Waals surface area contributed by atoms with Crippen molar-refractivity contribution in [1.82, 2.24) is 4.98 Å². The monoisotopic (exact) mass is 448 g/mol. The molecule has 0 saturated heterocycles. The van der Waals surface area contributed by atoms with Crippen LogP contribution in [0, 0.1) is 22.7 Å². The summed E-state index contributed by atoms with van der Waals surface area (Å²) in [6.45, 7) is 0. The summed E-state index contributed by atoms with van der Waals surface area (Å²) in [5.41, 5.74) is 8.61. The number of hydrogen-bond acceptors (Lipinski definition) is 4. The maximum atomic E-state index is 9.49. The summed E-state index contributed by atoms with van der Waals surface area (Å²) in [7, 11) is 0. The fourth-order valence-corrected chi connectivity index (χ4v) is 5.15. The van der Waals surface area contributed by atoms with Crippen LogP contribution in [0.5, 0.6) is 0 Å². The average molecular weight is 449 g/mol. The quantitative estimate of drug-likeness (QED) is 0.342. The highest BCUT2D eigenvalue weighted by Crippen LogP contribution is 2.48. The van der Waals surface area contributed by atoms with E-state index in [4.69, 9.17) is 0 Å². The first-order valence-corrected chi connectivity index (χ1v) is 11.5. The van der Waals surface area contributed by atoms with Gasteiger partial charge in [-0.25, -0.2) is 4.98 Å². The van der Waals surface area contributed by atoms with Crippen molar-refractivity contribution < 1.29 is 0 Å². The van der Waals surface area contributed by atoms with Gasteiger partial charge in [0.25, 0.3) is 0 Å². The molecule has 0 bridgehead atoms. The molecule has 2 heterocycles. The Kier molecular flexibility index (Phi) is 4.99. The first-order valence-electron chi connectivity index (χ1n) is 11.5. The van der Waals surface area contributed by atoms with Gasteiger partial charge in [0.15, 0.2) is 0 Å². The first-order chi connectivity index (χ1) is 17.3. The zero-order valence-electron chi connectivity index (χ0n) is 18.8. The van der Waals surface area contributed by atoms with Gasteiger partial charge in [-0.1, -0.05) is 60.7 Å². The summed E-state index contributed by atoms with van der Waals surface area (Å²) in [6.07, 6.45) is 7.79. The van der Waals surface area contributed by atoms with Crippen LogP contribution in [-0.4, -0.2) is 11.0 Å². The molecule has 4 nitrogen and oxygen atoms in total. The van der Waals surface area contributed by atoms with Gasteiger partial charge >= 0.3 is 0 Å². The lowest BCUT2D eigenvalue weighted by atomic mass is 9.89. The molecule has 4 heteroatoms. The molecule has 2 atom stereocenters. The Morgan fingerprint density at radius 3 is 2.43 bits per heavy atom. The van der Waals surface area contributed by atoms with Crippen molar-refractivity contribution in [1.29, 1.82) is 10.5 Å². The lowest BCUT2D eigenvalue weighted by Gasteiger charge is -2.29. The Bertz CT molecular complexity index is 1600. The van der Waals surface area contributed by atoms with E-state index in [0.29, 0.717) is 11.3 Å². The number of pyridine rings is 1. The minimum absolute atomic E-state index is 0.125. The summed E-state index contributed by atoms with van der Waals surface area (Å²) >= 11 is 0. The van der Waals surface area contributed by atoms with Crippen LogP contribution in [0.25, 0.3) is 22.3 Å². The Labute approximate surface area is 204 Å². The fraction of sp³-hybridized carbons (Fsp3) is 0.0645. The molecular formula is C31H20N4. The van der Waals surface area contributed by atoms with Crippen molar-refractivity contribution in [3.05, 3.63) is 126 Å². The average Bonchev–Trinajstić information content (AvgIpc) is 3.27. The van der Waals surface area contributed by atoms with E-state index in [2.05, 4.69) is 94.8 Å². The third-order valence-electron chi connectivity index (χ3n) is 6.73. The van der Waals surface area contributed by atoms with E-state index >= 15 is 0 Å². The fourth-order valence-electron chi connectivity index (χ4n) is 5.15. The predicted octanol–water partition coefficient (Wildman–Crippen LogP) is 6.91. The lowest BCUT2D eigenvalue weighted by molar-refractivity contribution is 0.741. The molecule has 0 spiro atoms. The summed E-state index contributed by atoms with van der Waals surface area (Å²) in [4.78, 5) is 6.58. The standard InChI is InChI=1S/C31H20N4/c32-19-21-13-14-31-28(16-21)27-10-1-2-12-30(27)35(31)25-9-4-7-23(18-25)22-6-3-8-24(17-22)26-11-5-15-34-29(26)20-33/h1-18,28,31H. The molecule has 0 N–H and O–H groups in total. The van der Waals surface area contributed by atoms with Crippen molar-refractivity contribution in [2.24, 2.45) is 0 Å². The number of hydrogen-bond donors (Lipinski definition) is 0. The molecule has 0 amide bonds. The molecule has 0 saturated carbocycles. The van der Waals surface area contributed by atoms with Crippen LogP contribution >= 0.6 is 0 Å². The molecular weight excluding hydrogens is 428 g/mol. The molecule has 3 aromatic carbocycles. The van der Waals surface area contributed by atoms with E-state index in [-0.39, 0.29) is 12.0 Å². The van der Waals surface area contributed by atoms with Gasteiger partial charge in [0, 0.05) is 34.6 Å². The predicted molar refractivity (Wildman–Crippen MR) is 138 cm³/mol. The highest BCUT2D eigenvalue weighted by atomic mass is 15.2. The number of nitrogens with zero attached hydrogens (tertiary/aromatic N) is 4. The van der Waals surface area contributed by atoms with Gasteiger partial charge in [0.05, 0.1) is 12.1 Å². The SMILES string of the molecule is N#CC1=CC2c3ccccc3N(c3cccc(-c4cccc(-c5cccnc5C#N)c4)c3)C2C=C1. The van der Waals surface area contributed by atoms with Gasteiger partial charge < -0.3 is 4.90 Å². The van der Waals surface area contributed by atoms with E-state index in [1.807, 2.05) is 30.3 Å². The molecule has 0 radical (unpaired) electrons. The number of aromatic nitrogens is 1. The second kappa shape index (κ2) is 8.45. The van der Waals surface area contributed by atoms with E-state index in [1.54, 1.807) is 6.20 Å². The van der Waals surface area contributed by atoms with Gasteiger partial charge in [-0.2, -0.15) is 10.5 Å². The van der Waals surface area contributed by atoms with Crippen LogP contribution in [-0.2, 0) is 0 Å². The summed E-state index contributed by atoms with van der Waals surface area (Å²) in [5.74, 6) is 0.146. The Morgan fingerprint density at radius 2 is 1.57 bits per heavy atom. The Morgan fingerprint density at radius 1 is 0.771 bits per heavy atom. The van der Waals surface area contributed by atoms with Crippen LogP contribution in [0.15, 0.2) is 115 Å². The summed E-state index contributed by atoms with van der Waals surface area (Å²) < 4.78 is 0. The van der Waals surface area contributed by atoms with Crippen LogP contribution in [0.1, 0.15) is 17.2 Å².